The Bertz CT molecular complexity index is 135. The lowest BCUT2D eigenvalue weighted by molar-refractivity contribution is -0.152. The standard InChI is InChI=1S/C6H9F2N/c7-6(8)1-4-2-9-3-5(4)6/h4-5,9H,1-3H2. The topological polar surface area (TPSA) is 12.0 Å². The molecule has 0 aromatic carbocycles. The molecule has 1 heterocycles. The molecule has 1 saturated carbocycles. The summed E-state index contributed by atoms with van der Waals surface area (Å²) in [6.45, 7) is 1.33. The normalized spacial score (nSPS) is 46.0. The number of hydrogen-bond acceptors (Lipinski definition) is 1. The van der Waals surface area contributed by atoms with E-state index in [0.717, 1.165) is 6.54 Å². The lowest BCUT2D eigenvalue weighted by Crippen LogP contribution is -2.46. The van der Waals surface area contributed by atoms with Gasteiger partial charge in [-0.2, -0.15) is 0 Å². The zero-order chi connectivity index (χ0) is 6.48. The summed E-state index contributed by atoms with van der Waals surface area (Å²) in [5, 5.41) is 2.96. The fourth-order valence-electron chi connectivity index (χ4n) is 1.78. The van der Waals surface area contributed by atoms with E-state index >= 15 is 0 Å². The summed E-state index contributed by atoms with van der Waals surface area (Å²) in [7, 11) is 0. The third kappa shape index (κ3) is 0.611. The summed E-state index contributed by atoms with van der Waals surface area (Å²) < 4.78 is 24.9. The van der Waals surface area contributed by atoms with Gasteiger partial charge in [-0.05, 0) is 12.5 Å². The second-order valence-corrected chi connectivity index (χ2v) is 2.99. The summed E-state index contributed by atoms with van der Waals surface area (Å²) in [5.41, 5.74) is 0. The molecular weight excluding hydrogens is 124 g/mol. The number of fused-ring (bicyclic) bond motifs is 1. The highest BCUT2D eigenvalue weighted by molar-refractivity contribution is 5.01. The molecule has 52 valence electrons. The molecule has 1 nitrogen and oxygen atoms in total. The third-order valence-electron chi connectivity index (χ3n) is 2.42. The van der Waals surface area contributed by atoms with Crippen LogP contribution in [0.1, 0.15) is 6.42 Å². The average molecular weight is 133 g/mol. The van der Waals surface area contributed by atoms with Crippen LogP contribution in [0, 0.1) is 11.8 Å². The number of hydrogen-bond donors (Lipinski definition) is 1. The zero-order valence-electron chi connectivity index (χ0n) is 5.03. The molecule has 9 heavy (non-hydrogen) atoms. The van der Waals surface area contributed by atoms with Crippen LogP contribution in [-0.4, -0.2) is 19.0 Å². The van der Waals surface area contributed by atoms with Crippen molar-refractivity contribution in [1.82, 2.24) is 5.32 Å². The first-order valence-corrected chi connectivity index (χ1v) is 3.29. The summed E-state index contributed by atoms with van der Waals surface area (Å²) in [6.07, 6.45) is 0.116. The Balaban J connectivity index is 2.09. The van der Waals surface area contributed by atoms with Crippen molar-refractivity contribution in [2.24, 2.45) is 11.8 Å². The smallest absolute Gasteiger partial charge is 0.252 e. The van der Waals surface area contributed by atoms with Gasteiger partial charge in [-0.1, -0.05) is 0 Å². The molecule has 0 bridgehead atoms. The fraction of sp³-hybridized carbons (Fsp3) is 1.00. The van der Waals surface area contributed by atoms with Crippen molar-refractivity contribution < 1.29 is 8.78 Å². The molecule has 0 spiro atoms. The van der Waals surface area contributed by atoms with Crippen molar-refractivity contribution in [3.8, 4) is 0 Å². The molecule has 0 amide bonds. The van der Waals surface area contributed by atoms with Gasteiger partial charge in [0.15, 0.2) is 0 Å². The molecule has 0 aromatic heterocycles. The molecule has 2 rings (SSSR count). The third-order valence-corrected chi connectivity index (χ3v) is 2.42. The summed E-state index contributed by atoms with van der Waals surface area (Å²) in [6, 6.07) is 0. The highest BCUT2D eigenvalue weighted by Crippen LogP contribution is 2.49. The highest BCUT2D eigenvalue weighted by Gasteiger charge is 2.57. The first kappa shape index (κ1) is 5.59. The van der Waals surface area contributed by atoms with Crippen molar-refractivity contribution in [3.63, 3.8) is 0 Å². The van der Waals surface area contributed by atoms with Gasteiger partial charge in [0.2, 0.25) is 0 Å². The van der Waals surface area contributed by atoms with Crippen molar-refractivity contribution in [2.75, 3.05) is 13.1 Å². The zero-order valence-corrected chi connectivity index (χ0v) is 5.03. The van der Waals surface area contributed by atoms with E-state index in [0.29, 0.717) is 6.54 Å². The average Bonchev–Trinajstić information content (AvgIpc) is 2.10. The van der Waals surface area contributed by atoms with Crippen molar-refractivity contribution in [3.05, 3.63) is 0 Å². The van der Waals surface area contributed by atoms with E-state index in [9.17, 15) is 8.78 Å². The monoisotopic (exact) mass is 133 g/mol. The van der Waals surface area contributed by atoms with E-state index in [1.165, 1.54) is 0 Å². The van der Waals surface area contributed by atoms with E-state index in [1.54, 1.807) is 0 Å². The fourth-order valence-corrected chi connectivity index (χ4v) is 1.78. The maximum atomic E-state index is 12.5. The molecule has 3 heteroatoms. The second-order valence-electron chi connectivity index (χ2n) is 2.99. The molecule has 1 aliphatic heterocycles. The molecule has 2 unspecified atom stereocenters. The number of halogens is 2. The predicted octanol–water partition coefficient (Wildman–Crippen LogP) is 0.861. The Morgan fingerprint density at radius 3 is 2.56 bits per heavy atom. The van der Waals surface area contributed by atoms with E-state index in [-0.39, 0.29) is 18.3 Å². The summed E-state index contributed by atoms with van der Waals surface area (Å²) >= 11 is 0. The Labute approximate surface area is 52.4 Å². The Morgan fingerprint density at radius 1 is 1.33 bits per heavy atom. The largest absolute Gasteiger partial charge is 0.316 e. The van der Waals surface area contributed by atoms with Crippen LogP contribution in [0.2, 0.25) is 0 Å². The summed E-state index contributed by atoms with van der Waals surface area (Å²) in [5.74, 6) is -2.40. The molecule has 1 N–H and O–H groups in total. The van der Waals surface area contributed by atoms with Crippen LogP contribution in [0.15, 0.2) is 0 Å². The van der Waals surface area contributed by atoms with Crippen LogP contribution in [0.4, 0.5) is 8.78 Å². The summed E-state index contributed by atoms with van der Waals surface area (Å²) in [4.78, 5) is 0. The van der Waals surface area contributed by atoms with Gasteiger partial charge in [0.05, 0.1) is 0 Å². The van der Waals surface area contributed by atoms with Crippen LogP contribution >= 0.6 is 0 Å². The van der Waals surface area contributed by atoms with Gasteiger partial charge >= 0.3 is 0 Å². The molecule has 2 aliphatic rings. The SMILES string of the molecule is FC1(F)CC2CNCC21. The number of rotatable bonds is 0. The highest BCUT2D eigenvalue weighted by atomic mass is 19.3. The van der Waals surface area contributed by atoms with Crippen LogP contribution < -0.4 is 5.32 Å². The van der Waals surface area contributed by atoms with Gasteiger partial charge in [-0.15, -0.1) is 0 Å². The van der Waals surface area contributed by atoms with Gasteiger partial charge in [0.1, 0.15) is 0 Å². The van der Waals surface area contributed by atoms with Crippen LogP contribution in [-0.2, 0) is 0 Å². The number of alkyl halides is 2. The minimum absolute atomic E-state index is 0.116. The van der Waals surface area contributed by atoms with E-state index in [4.69, 9.17) is 0 Å². The van der Waals surface area contributed by atoms with Crippen LogP contribution in [0.25, 0.3) is 0 Å². The molecule has 0 radical (unpaired) electrons. The van der Waals surface area contributed by atoms with Crippen molar-refractivity contribution in [2.45, 2.75) is 12.3 Å². The molecule has 0 aromatic rings. The first-order chi connectivity index (χ1) is 4.20. The minimum Gasteiger partial charge on any atom is -0.316 e. The Kier molecular flexibility index (Phi) is 0.903. The van der Waals surface area contributed by atoms with Crippen LogP contribution in [0.3, 0.4) is 0 Å². The molecule has 1 aliphatic carbocycles. The molecule has 1 saturated heterocycles. The van der Waals surface area contributed by atoms with E-state index in [2.05, 4.69) is 5.32 Å². The quantitative estimate of drug-likeness (QED) is 0.516. The second kappa shape index (κ2) is 1.45. The van der Waals surface area contributed by atoms with Gasteiger partial charge in [0.25, 0.3) is 5.92 Å². The van der Waals surface area contributed by atoms with Gasteiger partial charge < -0.3 is 5.32 Å². The van der Waals surface area contributed by atoms with Gasteiger partial charge in [-0.3, -0.25) is 0 Å². The van der Waals surface area contributed by atoms with Gasteiger partial charge in [0, 0.05) is 18.9 Å². The van der Waals surface area contributed by atoms with Gasteiger partial charge in [-0.25, -0.2) is 8.78 Å². The molecule has 2 atom stereocenters. The number of nitrogens with one attached hydrogen (secondary N) is 1. The van der Waals surface area contributed by atoms with Crippen LogP contribution in [0.5, 0.6) is 0 Å². The minimum atomic E-state index is -2.34. The van der Waals surface area contributed by atoms with E-state index in [1.807, 2.05) is 0 Å². The lowest BCUT2D eigenvalue weighted by atomic mass is 9.72. The molecular formula is C6H9F2N. The van der Waals surface area contributed by atoms with Crippen molar-refractivity contribution in [1.29, 1.82) is 0 Å². The van der Waals surface area contributed by atoms with E-state index < -0.39 is 5.92 Å². The lowest BCUT2D eigenvalue weighted by Gasteiger charge is -2.38. The Morgan fingerprint density at radius 2 is 2.11 bits per heavy atom. The molecule has 2 fully saturated rings. The van der Waals surface area contributed by atoms with Crippen molar-refractivity contribution >= 4 is 0 Å². The first-order valence-electron chi connectivity index (χ1n) is 3.29. The Hall–Kier alpha value is -0.180. The maximum Gasteiger partial charge on any atom is 0.252 e. The predicted molar refractivity (Wildman–Crippen MR) is 29.4 cm³/mol. The maximum absolute atomic E-state index is 12.5.